The van der Waals surface area contributed by atoms with Crippen LogP contribution in [0.4, 0.5) is 0 Å². The van der Waals surface area contributed by atoms with Crippen molar-refractivity contribution in [2.75, 3.05) is 0 Å². The van der Waals surface area contributed by atoms with Crippen molar-refractivity contribution in [3.8, 4) is 67.4 Å². The summed E-state index contributed by atoms with van der Waals surface area (Å²) in [6.07, 6.45) is 0. The summed E-state index contributed by atoms with van der Waals surface area (Å²) in [4.78, 5) is 25.4. The molecule has 0 saturated carbocycles. The topological polar surface area (TPSA) is 70.2 Å². The largest absolute Gasteiger partial charge is 0.354 e. The van der Waals surface area contributed by atoms with E-state index in [1.165, 1.54) is 27.3 Å². The molecular formula is C65H41N5. The van der Waals surface area contributed by atoms with Crippen molar-refractivity contribution >= 4 is 86.8 Å². The molecule has 0 unspecified atom stereocenters. The Morgan fingerprint density at radius 3 is 1.30 bits per heavy atom. The molecule has 15 rings (SSSR count). The SMILES string of the molecule is Cc1cccc(-c2c3nc(nc4[nH]c(c(-c5cccc(C)c5)c5nc(cc6[nH]c2c2cc7ccccc7cc62)-c2cc6ccccc6cc2-5)c2cc5ccccc5cc42)-c2cc4ccccc4cc2-3)c1. The van der Waals surface area contributed by atoms with Crippen molar-refractivity contribution in [3.63, 3.8) is 0 Å². The minimum absolute atomic E-state index is 0.659. The van der Waals surface area contributed by atoms with Gasteiger partial charge in [0.1, 0.15) is 5.65 Å². The number of aromatic nitrogens is 5. The van der Waals surface area contributed by atoms with E-state index in [1.807, 2.05) is 0 Å². The number of hydrogen-bond donors (Lipinski definition) is 2. The van der Waals surface area contributed by atoms with Crippen LogP contribution in [0.2, 0.25) is 0 Å². The summed E-state index contributed by atoms with van der Waals surface area (Å²) in [5.41, 5.74) is 17.1. The first kappa shape index (κ1) is 38.9. The number of aromatic amines is 2. The molecule has 5 heterocycles. The fraction of sp³-hybridized carbons (Fsp3) is 0.0308. The van der Waals surface area contributed by atoms with Gasteiger partial charge in [0.15, 0.2) is 5.82 Å². The quantitative estimate of drug-likeness (QED) is 0.182. The number of fused-ring (bicyclic) bond motifs is 24. The fourth-order valence-corrected chi connectivity index (χ4v) is 11.4. The van der Waals surface area contributed by atoms with Crippen LogP contribution in [0.15, 0.2) is 200 Å². The van der Waals surface area contributed by atoms with Gasteiger partial charge in [0.25, 0.3) is 0 Å². The van der Waals surface area contributed by atoms with E-state index in [0.717, 1.165) is 132 Å². The molecule has 8 bridgehead atoms. The Morgan fingerprint density at radius 2 is 0.757 bits per heavy atom. The van der Waals surface area contributed by atoms with Gasteiger partial charge >= 0.3 is 0 Å². The van der Waals surface area contributed by atoms with E-state index >= 15 is 0 Å². The number of hydrogen-bond acceptors (Lipinski definition) is 3. The number of aryl methyl sites for hydroxylation is 2. The summed E-state index contributed by atoms with van der Waals surface area (Å²) in [7, 11) is 0. The lowest BCUT2D eigenvalue weighted by molar-refractivity contribution is 1.27. The molecule has 0 aliphatic carbocycles. The molecule has 2 N–H and O–H groups in total. The maximum absolute atomic E-state index is 5.83. The maximum Gasteiger partial charge on any atom is 0.162 e. The highest BCUT2D eigenvalue weighted by molar-refractivity contribution is 6.20. The Hall–Kier alpha value is -9.19. The molecule has 0 atom stereocenters. The summed E-state index contributed by atoms with van der Waals surface area (Å²) in [5.74, 6) is 0.659. The second-order valence-electron chi connectivity index (χ2n) is 19.1. The van der Waals surface area contributed by atoms with Crippen LogP contribution in [0.5, 0.6) is 0 Å². The molecule has 13 aromatic rings. The van der Waals surface area contributed by atoms with Crippen molar-refractivity contribution in [1.29, 1.82) is 0 Å². The average molecular weight is 892 g/mol. The van der Waals surface area contributed by atoms with Gasteiger partial charge in [-0.2, -0.15) is 0 Å². The van der Waals surface area contributed by atoms with E-state index in [2.05, 4.69) is 224 Å². The van der Waals surface area contributed by atoms with E-state index < -0.39 is 0 Å². The van der Waals surface area contributed by atoms with Gasteiger partial charge in [0.05, 0.1) is 28.1 Å². The minimum Gasteiger partial charge on any atom is -0.354 e. The van der Waals surface area contributed by atoms with Crippen LogP contribution in [0, 0.1) is 13.8 Å². The molecule has 0 saturated heterocycles. The van der Waals surface area contributed by atoms with E-state index in [-0.39, 0.29) is 0 Å². The van der Waals surface area contributed by atoms with Gasteiger partial charge in [-0.15, -0.1) is 0 Å². The van der Waals surface area contributed by atoms with E-state index in [0.29, 0.717) is 5.82 Å². The third-order valence-corrected chi connectivity index (χ3v) is 14.7. The lowest BCUT2D eigenvalue weighted by atomic mass is 9.93. The molecule has 0 amide bonds. The highest BCUT2D eigenvalue weighted by Crippen LogP contribution is 2.49. The third-order valence-electron chi connectivity index (χ3n) is 14.7. The van der Waals surface area contributed by atoms with Gasteiger partial charge in [-0.1, -0.05) is 157 Å². The van der Waals surface area contributed by atoms with Crippen molar-refractivity contribution in [2.45, 2.75) is 13.8 Å². The smallest absolute Gasteiger partial charge is 0.162 e. The van der Waals surface area contributed by atoms with Crippen molar-refractivity contribution < 1.29 is 0 Å². The summed E-state index contributed by atoms with van der Waals surface area (Å²) >= 11 is 0. The molecule has 2 aliphatic heterocycles. The minimum atomic E-state index is 0.659. The molecule has 3 aromatic heterocycles. The van der Waals surface area contributed by atoms with E-state index in [1.54, 1.807) is 0 Å². The second-order valence-corrected chi connectivity index (χ2v) is 19.1. The number of H-pyrrole nitrogens is 2. The normalized spacial score (nSPS) is 12.1. The molecule has 2 aliphatic rings. The molecule has 326 valence electrons. The maximum atomic E-state index is 5.83. The molecule has 0 spiro atoms. The van der Waals surface area contributed by atoms with E-state index in [4.69, 9.17) is 15.0 Å². The molecule has 70 heavy (non-hydrogen) atoms. The number of rotatable bonds is 2. The van der Waals surface area contributed by atoms with Gasteiger partial charge in [0, 0.05) is 60.4 Å². The summed E-state index contributed by atoms with van der Waals surface area (Å²) < 4.78 is 0. The number of nitrogens with zero attached hydrogens (tertiary/aromatic N) is 3. The first-order valence-corrected chi connectivity index (χ1v) is 24.0. The molecule has 0 radical (unpaired) electrons. The lowest BCUT2D eigenvalue weighted by Gasteiger charge is -2.10. The zero-order chi connectivity index (χ0) is 46.2. The molecule has 10 aromatic carbocycles. The Balaban J connectivity index is 1.23. The number of nitrogens with one attached hydrogen (secondary N) is 2. The summed E-state index contributed by atoms with van der Waals surface area (Å²) in [6.45, 7) is 4.33. The monoisotopic (exact) mass is 891 g/mol. The predicted molar refractivity (Wildman–Crippen MR) is 293 cm³/mol. The zero-order valence-corrected chi connectivity index (χ0v) is 38.4. The summed E-state index contributed by atoms with van der Waals surface area (Å²) in [5, 5.41) is 13.6. The van der Waals surface area contributed by atoms with Crippen molar-refractivity contribution in [1.82, 2.24) is 24.9 Å². The molecule has 0 fully saturated rings. The van der Waals surface area contributed by atoms with Crippen LogP contribution in [0.25, 0.3) is 154 Å². The second kappa shape index (κ2) is 14.7. The Labute approximate surface area is 402 Å². The standard InChI is InChI=1S/C65H41N5/c1-36-13-11-23-46(25-36)58-60-50-29-40-17-5-3-15-38(40)27-48(50)56(66-60)35-57-49-28-39-16-4-6-18-41(39)30-51(49)61(67-57)59(47-24-12-14-37(2)26-47)63-53-32-43-20-8-10-22-45(43)34-55(53)65(69-63)70-64-54-33-44-21-9-7-19-42(44)31-52(54)62(58)68-64/h3-35,66H,1-2H3,(H,68,69,70). The Kier molecular flexibility index (Phi) is 8.14. The van der Waals surface area contributed by atoms with Gasteiger partial charge in [-0.25, -0.2) is 15.0 Å². The van der Waals surface area contributed by atoms with Gasteiger partial charge in [-0.3, -0.25) is 0 Å². The highest BCUT2D eigenvalue weighted by atomic mass is 15.0. The Morgan fingerprint density at radius 1 is 0.329 bits per heavy atom. The Bertz CT molecular complexity index is 4330. The van der Waals surface area contributed by atoms with Crippen LogP contribution in [-0.4, -0.2) is 24.9 Å². The van der Waals surface area contributed by atoms with Gasteiger partial charge < -0.3 is 9.97 Å². The van der Waals surface area contributed by atoms with Crippen LogP contribution < -0.4 is 0 Å². The first-order valence-electron chi connectivity index (χ1n) is 24.0. The fourth-order valence-electron chi connectivity index (χ4n) is 11.4. The summed E-state index contributed by atoms with van der Waals surface area (Å²) in [6, 6.07) is 73.0. The van der Waals surface area contributed by atoms with Gasteiger partial charge in [-0.05, 0) is 123 Å². The number of benzene rings is 10. The van der Waals surface area contributed by atoms with Gasteiger partial charge in [0.2, 0.25) is 0 Å². The molecule has 5 heteroatoms. The first-order chi connectivity index (χ1) is 34.5. The van der Waals surface area contributed by atoms with E-state index in [9.17, 15) is 0 Å². The van der Waals surface area contributed by atoms with Crippen LogP contribution >= 0.6 is 0 Å². The predicted octanol–water partition coefficient (Wildman–Crippen LogP) is 17.2. The van der Waals surface area contributed by atoms with Crippen molar-refractivity contribution in [3.05, 3.63) is 211 Å². The van der Waals surface area contributed by atoms with Crippen LogP contribution in [0.1, 0.15) is 11.1 Å². The van der Waals surface area contributed by atoms with Crippen molar-refractivity contribution in [2.24, 2.45) is 0 Å². The molecule has 5 nitrogen and oxygen atoms in total. The zero-order valence-electron chi connectivity index (χ0n) is 38.4. The third kappa shape index (κ3) is 5.88. The van der Waals surface area contributed by atoms with Crippen LogP contribution in [0.3, 0.4) is 0 Å². The average Bonchev–Trinajstić information content (AvgIpc) is 4.12. The highest BCUT2D eigenvalue weighted by Gasteiger charge is 2.27. The molecular weight excluding hydrogens is 851 g/mol. The lowest BCUT2D eigenvalue weighted by Crippen LogP contribution is -1.87. The van der Waals surface area contributed by atoms with Crippen LogP contribution in [-0.2, 0) is 0 Å².